The Balaban J connectivity index is -0.00000000720. The molecular weight excluding hydrogens is 239 g/mol. The van der Waals surface area contributed by atoms with Crippen molar-refractivity contribution in [2.75, 3.05) is 0 Å². The van der Waals surface area contributed by atoms with Crippen LogP contribution in [-0.4, -0.2) is 0 Å². The van der Waals surface area contributed by atoms with Gasteiger partial charge in [-0.1, -0.05) is 0 Å². The standard InChI is InChI=1S/Co.3HNO2.3H2N/c;3*2-1-3;;;/h;3*(H,2,3);3*1H2/q;;;;3*-1/p-3. The monoisotopic (exact) mass is 245 g/mol. The molecule has 12 nitrogen and oxygen atoms in total. The third kappa shape index (κ3) is 391. The van der Waals surface area contributed by atoms with E-state index in [1.54, 1.807) is 0 Å². The van der Waals surface area contributed by atoms with Crippen molar-refractivity contribution < 1.29 is 16.8 Å². The second kappa shape index (κ2) is 387. The van der Waals surface area contributed by atoms with Crippen LogP contribution in [0.4, 0.5) is 0 Å². The van der Waals surface area contributed by atoms with Gasteiger partial charge in [0.2, 0.25) is 0 Å². The molecule has 0 aliphatic rings. The molecule has 0 atom stereocenters. The van der Waals surface area contributed by atoms with Crippen LogP contribution in [0, 0.1) is 30.3 Å². The fraction of sp³-hybridized carbons (Fsp3) is 0. The maximum Gasteiger partial charge on any atom is 0 e. The Morgan fingerprint density at radius 2 is 0.615 bits per heavy atom. The molecule has 0 aliphatic carbocycles. The quantitative estimate of drug-likeness (QED) is 0.456. The minimum atomic E-state index is 0. The first kappa shape index (κ1) is 61.7. The van der Waals surface area contributed by atoms with Gasteiger partial charge in [-0.25, -0.2) is 0 Å². The second-order valence-electron chi connectivity index (χ2n) is 0.224. The molecule has 87 valence electrons. The van der Waals surface area contributed by atoms with Gasteiger partial charge < -0.3 is 48.8 Å². The molecule has 0 saturated carbocycles. The molecule has 13 heavy (non-hydrogen) atoms. The summed E-state index contributed by atoms with van der Waals surface area (Å²) in [6, 6.07) is 0. The predicted octanol–water partition coefficient (Wildman–Crippen LogP) is 2.90. The Kier molecular flexibility index (Phi) is 1840. The van der Waals surface area contributed by atoms with Crippen LogP contribution in [0.5, 0.6) is 0 Å². The van der Waals surface area contributed by atoms with Crippen molar-refractivity contribution in [3.05, 3.63) is 48.8 Å². The van der Waals surface area contributed by atoms with Crippen LogP contribution in [0.2, 0.25) is 0 Å². The Morgan fingerprint density at radius 3 is 0.615 bits per heavy atom. The molecule has 0 aromatic carbocycles. The van der Waals surface area contributed by atoms with Gasteiger partial charge in [-0.15, -0.1) is 16.0 Å². The number of nitrogens with two attached hydrogens (primary N) is 3. The minimum absolute atomic E-state index is 0. The summed E-state index contributed by atoms with van der Waals surface area (Å²) in [6.07, 6.45) is 0. The summed E-state index contributed by atoms with van der Waals surface area (Å²) in [7, 11) is 0. The van der Waals surface area contributed by atoms with E-state index in [1.165, 1.54) is 0 Å². The van der Waals surface area contributed by atoms with Crippen molar-refractivity contribution in [1.29, 1.82) is 0 Å². The van der Waals surface area contributed by atoms with E-state index in [-0.39, 0.29) is 35.2 Å². The number of nitrogens with zero attached hydrogens (tertiary/aromatic N) is 3. The summed E-state index contributed by atoms with van der Waals surface area (Å²) in [6.45, 7) is 0. The van der Waals surface area contributed by atoms with Crippen LogP contribution in [0.3, 0.4) is 0 Å². The molecule has 0 heterocycles. The van der Waals surface area contributed by atoms with Gasteiger partial charge in [0, 0.05) is 16.8 Å². The van der Waals surface area contributed by atoms with Gasteiger partial charge in [0.25, 0.3) is 0 Å². The van der Waals surface area contributed by atoms with Gasteiger partial charge >= 0.3 is 0 Å². The molecule has 0 aromatic heterocycles. The fourth-order valence-electron chi connectivity index (χ4n) is 0. The van der Waals surface area contributed by atoms with Crippen molar-refractivity contribution in [2.45, 2.75) is 0 Å². The van der Waals surface area contributed by atoms with Gasteiger partial charge in [0.15, 0.2) is 0 Å². The van der Waals surface area contributed by atoms with E-state index >= 15 is 0 Å². The van der Waals surface area contributed by atoms with Crippen molar-refractivity contribution >= 4 is 0 Å². The Morgan fingerprint density at radius 1 is 0.615 bits per heavy atom. The van der Waals surface area contributed by atoms with E-state index in [4.69, 9.17) is 30.3 Å². The van der Waals surface area contributed by atoms with E-state index in [2.05, 4.69) is 0 Å². The van der Waals surface area contributed by atoms with Gasteiger partial charge in [-0.2, -0.15) is 0 Å². The maximum atomic E-state index is 8.00. The van der Waals surface area contributed by atoms with E-state index in [9.17, 15) is 0 Å². The number of hydrogen-bond acceptors (Lipinski definition) is 9. The van der Waals surface area contributed by atoms with Crippen molar-refractivity contribution in [2.24, 2.45) is 16.0 Å². The van der Waals surface area contributed by atoms with E-state index < -0.39 is 0 Å². The molecule has 0 rings (SSSR count). The van der Waals surface area contributed by atoms with Gasteiger partial charge in [-0.05, 0) is 0 Å². The topological polar surface area (TPSA) is 258 Å². The van der Waals surface area contributed by atoms with Crippen LogP contribution in [-0.2, 0) is 16.8 Å². The zero-order chi connectivity index (χ0) is 8.12. The van der Waals surface area contributed by atoms with E-state index in [0.29, 0.717) is 0 Å². The Bertz CT molecular complexity index is 53.9. The molecule has 0 bridgehead atoms. The number of hydrogen-bond donors (Lipinski definition) is 0. The zero-order valence-corrected chi connectivity index (χ0v) is 6.90. The summed E-state index contributed by atoms with van der Waals surface area (Å²) in [5, 5.41) is 27.0. The molecule has 6 N–H and O–H groups in total. The first-order chi connectivity index (χ1) is 4.24. The van der Waals surface area contributed by atoms with Crippen LogP contribution < -0.4 is 0 Å². The SMILES string of the molecule is O=N[O-].O=N[O-].O=N[O-].[Co].[NH2-].[NH2-].[NH2-]. The van der Waals surface area contributed by atoms with Gasteiger partial charge in [0.1, 0.15) is 0 Å². The zero-order valence-electron chi connectivity index (χ0n) is 5.86. The van der Waals surface area contributed by atoms with Crippen molar-refractivity contribution in [3.8, 4) is 0 Å². The molecule has 0 saturated heterocycles. The Hall–Kier alpha value is -1.41. The molecule has 13 heteroatoms. The van der Waals surface area contributed by atoms with E-state index in [0.717, 1.165) is 16.0 Å². The molecule has 0 fully saturated rings. The molecule has 0 aromatic rings. The first-order valence-electron chi connectivity index (χ1n) is 1.10. The molecule has 1 radical (unpaired) electrons. The summed E-state index contributed by atoms with van der Waals surface area (Å²) >= 11 is 0. The van der Waals surface area contributed by atoms with Crippen LogP contribution in [0.25, 0.3) is 18.5 Å². The maximum absolute atomic E-state index is 8.00. The molecule has 0 amide bonds. The molecular formula is H6CoN6O6-6. The van der Waals surface area contributed by atoms with Gasteiger partial charge in [-0.3, -0.25) is 0 Å². The van der Waals surface area contributed by atoms with Crippen molar-refractivity contribution in [3.63, 3.8) is 0 Å². The summed E-state index contributed by atoms with van der Waals surface area (Å²) in [5.74, 6) is 0. The third-order valence-corrected chi connectivity index (χ3v) is 0. The van der Waals surface area contributed by atoms with E-state index in [1.807, 2.05) is 0 Å². The first-order valence-corrected chi connectivity index (χ1v) is 1.10. The summed E-state index contributed by atoms with van der Waals surface area (Å²) in [4.78, 5) is 24.0. The van der Waals surface area contributed by atoms with Crippen LogP contribution in [0.15, 0.2) is 16.0 Å². The normalized spacial score (nSPS) is 2.77. The number of rotatable bonds is 0. The molecule has 0 spiro atoms. The minimum Gasteiger partial charge on any atom is -0.693 e. The third-order valence-electron chi connectivity index (χ3n) is 0. The largest absolute Gasteiger partial charge is 0.693 e. The molecule has 0 aliphatic heterocycles. The predicted molar refractivity (Wildman–Crippen MR) is 43.3 cm³/mol. The second-order valence-corrected chi connectivity index (χ2v) is 0.224. The van der Waals surface area contributed by atoms with Gasteiger partial charge in [0.05, 0.1) is 0 Å². The summed E-state index contributed by atoms with van der Waals surface area (Å²) < 4.78 is 0. The van der Waals surface area contributed by atoms with Crippen molar-refractivity contribution in [1.82, 2.24) is 0 Å². The van der Waals surface area contributed by atoms with Crippen LogP contribution in [0.1, 0.15) is 0 Å². The summed E-state index contributed by atoms with van der Waals surface area (Å²) in [5.41, 5.74) is 0. The average Bonchev–Trinajstić information content (AvgIpc) is 1.70. The Labute approximate surface area is 82.4 Å². The van der Waals surface area contributed by atoms with Crippen LogP contribution >= 0.6 is 0 Å². The average molecular weight is 245 g/mol. The molecule has 0 unspecified atom stereocenters. The fourth-order valence-corrected chi connectivity index (χ4v) is 0. The smallest absolute Gasteiger partial charge is 0 e.